The average Bonchev–Trinajstić information content (AvgIpc) is 2.47. The second kappa shape index (κ2) is 15.6. The van der Waals surface area contributed by atoms with E-state index in [0.29, 0.717) is 6.42 Å². The van der Waals surface area contributed by atoms with Crippen LogP contribution in [0.25, 0.3) is 0 Å². The van der Waals surface area contributed by atoms with Gasteiger partial charge in [0.25, 0.3) is 0 Å². The van der Waals surface area contributed by atoms with Crippen LogP contribution in [0.3, 0.4) is 0 Å². The lowest BCUT2D eigenvalue weighted by atomic mass is 10.1. The maximum atomic E-state index is 10.4. The minimum absolute atomic E-state index is 0.345. The van der Waals surface area contributed by atoms with Crippen molar-refractivity contribution in [2.45, 2.75) is 96.5 Å². The van der Waals surface area contributed by atoms with Gasteiger partial charge >= 0.3 is 5.97 Å². The zero-order valence-electron chi connectivity index (χ0n) is 13.7. The van der Waals surface area contributed by atoms with Crippen LogP contribution in [-0.2, 0) is 4.79 Å². The number of carboxylic acids is 1. The normalized spacial score (nSPS) is 12.9. The molecule has 2 N–H and O–H groups in total. The first-order valence-corrected chi connectivity index (χ1v) is 8.74. The van der Waals surface area contributed by atoms with E-state index in [9.17, 15) is 4.79 Å². The maximum absolute atomic E-state index is 10.4. The van der Waals surface area contributed by atoms with Crippen molar-refractivity contribution in [1.29, 1.82) is 0 Å². The third-order valence-electron chi connectivity index (χ3n) is 3.77. The van der Waals surface area contributed by atoms with E-state index in [1.807, 2.05) is 0 Å². The molecule has 3 heteroatoms. The van der Waals surface area contributed by atoms with Crippen molar-refractivity contribution < 1.29 is 15.0 Å². The number of aliphatic hydroxyl groups excluding tert-OH is 1. The van der Waals surface area contributed by atoms with E-state index in [-0.39, 0.29) is 0 Å². The molecule has 0 bridgehead atoms. The Morgan fingerprint density at radius 1 is 0.857 bits per heavy atom. The smallest absolute Gasteiger partial charge is 0.332 e. The third-order valence-corrected chi connectivity index (χ3v) is 3.77. The van der Waals surface area contributed by atoms with Crippen LogP contribution in [0, 0.1) is 0 Å². The minimum Gasteiger partial charge on any atom is -0.479 e. The predicted octanol–water partition coefficient (Wildman–Crippen LogP) is 5.08. The molecular weight excluding hydrogens is 264 g/mol. The quantitative estimate of drug-likeness (QED) is 0.327. The van der Waals surface area contributed by atoms with Gasteiger partial charge in [-0.05, 0) is 32.1 Å². The number of hydrogen-bond acceptors (Lipinski definition) is 2. The van der Waals surface area contributed by atoms with Gasteiger partial charge in [-0.1, -0.05) is 70.4 Å². The SMILES string of the molecule is CCCCCCCCCCC/C=C/CCCC(O)C(=O)O. The molecule has 0 heterocycles. The van der Waals surface area contributed by atoms with Crippen LogP contribution < -0.4 is 0 Å². The Bertz CT molecular complexity index is 261. The second-order valence-electron chi connectivity index (χ2n) is 5.87. The van der Waals surface area contributed by atoms with E-state index in [4.69, 9.17) is 10.2 Å². The van der Waals surface area contributed by atoms with Gasteiger partial charge in [0.15, 0.2) is 6.10 Å². The highest BCUT2D eigenvalue weighted by Gasteiger charge is 2.10. The Balaban J connectivity index is 3.17. The van der Waals surface area contributed by atoms with Gasteiger partial charge in [0, 0.05) is 0 Å². The fourth-order valence-electron chi connectivity index (χ4n) is 2.36. The molecule has 0 aromatic carbocycles. The molecule has 0 saturated carbocycles. The first-order chi connectivity index (χ1) is 10.2. The van der Waals surface area contributed by atoms with E-state index in [1.54, 1.807) is 0 Å². The summed E-state index contributed by atoms with van der Waals surface area (Å²) in [5.74, 6) is -1.12. The van der Waals surface area contributed by atoms with Gasteiger partial charge in [-0.3, -0.25) is 0 Å². The van der Waals surface area contributed by atoms with Gasteiger partial charge in [0.1, 0.15) is 0 Å². The Labute approximate surface area is 130 Å². The molecule has 0 aliphatic carbocycles. The first-order valence-electron chi connectivity index (χ1n) is 8.74. The van der Waals surface area contributed by atoms with Crippen molar-refractivity contribution in [3.8, 4) is 0 Å². The number of carbonyl (C=O) groups is 1. The van der Waals surface area contributed by atoms with Gasteiger partial charge < -0.3 is 10.2 Å². The van der Waals surface area contributed by atoms with E-state index in [2.05, 4.69) is 19.1 Å². The zero-order valence-corrected chi connectivity index (χ0v) is 13.7. The molecule has 21 heavy (non-hydrogen) atoms. The number of allylic oxidation sites excluding steroid dienone is 2. The number of unbranched alkanes of at least 4 members (excludes halogenated alkanes) is 10. The van der Waals surface area contributed by atoms with Crippen LogP contribution in [0.4, 0.5) is 0 Å². The lowest BCUT2D eigenvalue weighted by Crippen LogP contribution is -2.18. The second-order valence-corrected chi connectivity index (χ2v) is 5.87. The summed E-state index contributed by atoms with van der Waals surface area (Å²) in [7, 11) is 0. The minimum atomic E-state index is -1.20. The van der Waals surface area contributed by atoms with Crippen LogP contribution in [0.2, 0.25) is 0 Å². The van der Waals surface area contributed by atoms with Crippen molar-refractivity contribution >= 4 is 5.97 Å². The molecule has 1 atom stereocenters. The molecule has 0 saturated heterocycles. The van der Waals surface area contributed by atoms with Crippen LogP contribution >= 0.6 is 0 Å². The molecule has 1 unspecified atom stereocenters. The summed E-state index contributed by atoms with van der Waals surface area (Å²) in [5.41, 5.74) is 0. The Hall–Kier alpha value is -0.830. The number of hydrogen-bond donors (Lipinski definition) is 2. The zero-order chi connectivity index (χ0) is 15.8. The molecule has 0 aromatic rings. The van der Waals surface area contributed by atoms with Crippen molar-refractivity contribution in [2.75, 3.05) is 0 Å². The molecule has 0 spiro atoms. The standard InChI is InChI=1S/C18H34O3/c1-2-3-4-5-6-7-8-9-10-11-12-13-14-15-16-17(19)18(20)21/h12-13,17,19H,2-11,14-16H2,1H3,(H,20,21)/b13-12+. The number of rotatable bonds is 15. The fraction of sp³-hybridized carbons (Fsp3) is 0.833. The highest BCUT2D eigenvalue weighted by molar-refractivity contribution is 5.71. The van der Waals surface area contributed by atoms with E-state index in [0.717, 1.165) is 19.3 Å². The molecule has 0 aliphatic heterocycles. The van der Waals surface area contributed by atoms with Crippen molar-refractivity contribution in [3.63, 3.8) is 0 Å². The molecule has 0 aliphatic rings. The Morgan fingerprint density at radius 2 is 1.33 bits per heavy atom. The maximum Gasteiger partial charge on any atom is 0.332 e. The molecule has 0 radical (unpaired) electrons. The fourth-order valence-corrected chi connectivity index (χ4v) is 2.36. The molecule has 0 amide bonds. The summed E-state index contributed by atoms with van der Waals surface area (Å²) in [6.45, 7) is 2.25. The number of carboxylic acid groups (broad SMARTS) is 1. The highest BCUT2D eigenvalue weighted by Crippen LogP contribution is 2.11. The summed E-state index contributed by atoms with van der Waals surface area (Å²) < 4.78 is 0. The molecule has 0 fully saturated rings. The number of aliphatic carboxylic acids is 1. The van der Waals surface area contributed by atoms with Crippen molar-refractivity contribution in [3.05, 3.63) is 12.2 Å². The van der Waals surface area contributed by atoms with Gasteiger partial charge in [-0.2, -0.15) is 0 Å². The lowest BCUT2D eigenvalue weighted by Gasteiger charge is -2.02. The first kappa shape index (κ1) is 20.2. The van der Waals surface area contributed by atoms with Gasteiger partial charge in [-0.25, -0.2) is 4.79 Å². The van der Waals surface area contributed by atoms with Crippen LogP contribution in [0.5, 0.6) is 0 Å². The van der Waals surface area contributed by atoms with Crippen molar-refractivity contribution in [1.82, 2.24) is 0 Å². The number of aliphatic hydroxyl groups is 1. The summed E-state index contributed by atoms with van der Waals surface area (Å²) in [4.78, 5) is 10.4. The van der Waals surface area contributed by atoms with Crippen LogP contribution in [0.15, 0.2) is 12.2 Å². The lowest BCUT2D eigenvalue weighted by molar-refractivity contribution is -0.146. The molecule has 124 valence electrons. The molecule has 0 aromatic heterocycles. The molecular formula is C18H34O3. The van der Waals surface area contributed by atoms with Crippen LogP contribution in [-0.4, -0.2) is 22.3 Å². The Morgan fingerprint density at radius 3 is 1.86 bits per heavy atom. The predicted molar refractivity (Wildman–Crippen MR) is 88.5 cm³/mol. The van der Waals surface area contributed by atoms with E-state index in [1.165, 1.54) is 57.8 Å². The summed E-state index contributed by atoms with van der Waals surface area (Å²) >= 11 is 0. The van der Waals surface area contributed by atoms with Gasteiger partial charge in [0.05, 0.1) is 0 Å². The van der Waals surface area contributed by atoms with E-state index >= 15 is 0 Å². The summed E-state index contributed by atoms with van der Waals surface area (Å²) in [5, 5.41) is 17.6. The monoisotopic (exact) mass is 298 g/mol. The average molecular weight is 298 g/mol. The van der Waals surface area contributed by atoms with Crippen molar-refractivity contribution in [2.24, 2.45) is 0 Å². The highest BCUT2D eigenvalue weighted by atomic mass is 16.4. The Kier molecular flexibility index (Phi) is 14.9. The van der Waals surface area contributed by atoms with Gasteiger partial charge in [0.2, 0.25) is 0 Å². The van der Waals surface area contributed by atoms with E-state index < -0.39 is 12.1 Å². The third kappa shape index (κ3) is 15.4. The van der Waals surface area contributed by atoms with Crippen LogP contribution in [0.1, 0.15) is 90.4 Å². The summed E-state index contributed by atoms with van der Waals surface area (Å²) in [6, 6.07) is 0. The molecule has 3 nitrogen and oxygen atoms in total. The summed E-state index contributed by atoms with van der Waals surface area (Å²) in [6.07, 6.45) is 18.4. The van der Waals surface area contributed by atoms with Gasteiger partial charge in [-0.15, -0.1) is 0 Å². The topological polar surface area (TPSA) is 57.5 Å². The molecule has 0 rings (SSSR count). The largest absolute Gasteiger partial charge is 0.479 e.